The van der Waals surface area contributed by atoms with Crippen LogP contribution in [0.15, 0.2) is 36.5 Å². The molecule has 0 bridgehead atoms. The summed E-state index contributed by atoms with van der Waals surface area (Å²) in [6.07, 6.45) is 2.21. The van der Waals surface area contributed by atoms with Crippen LogP contribution in [0.1, 0.15) is 28.4 Å². The quantitative estimate of drug-likeness (QED) is 0.894. The van der Waals surface area contributed by atoms with Crippen molar-refractivity contribution in [2.24, 2.45) is 0 Å². The van der Waals surface area contributed by atoms with Gasteiger partial charge in [0.15, 0.2) is 0 Å². The van der Waals surface area contributed by atoms with Gasteiger partial charge in [0, 0.05) is 12.7 Å². The molecule has 5 nitrogen and oxygen atoms in total. The first-order valence-electron chi connectivity index (χ1n) is 7.63. The minimum atomic E-state index is -0.275. The van der Waals surface area contributed by atoms with Crippen molar-refractivity contribution >= 4 is 23.3 Å². The molecule has 1 fully saturated rings. The minimum Gasteiger partial charge on any atom is -0.382 e. The number of anilines is 1. The van der Waals surface area contributed by atoms with Crippen LogP contribution in [0.3, 0.4) is 0 Å². The number of likely N-dealkylation sites (tertiary alicyclic amines) is 1. The monoisotopic (exact) mass is 348 g/mol. The van der Waals surface area contributed by atoms with E-state index in [1.807, 2.05) is 7.05 Å². The van der Waals surface area contributed by atoms with Crippen molar-refractivity contribution in [3.63, 3.8) is 0 Å². The summed E-state index contributed by atoms with van der Waals surface area (Å²) in [6.45, 7) is 0.841. The van der Waals surface area contributed by atoms with Gasteiger partial charge in [-0.2, -0.15) is 0 Å². The molecule has 2 atom stereocenters. The minimum absolute atomic E-state index is 0.00763. The van der Waals surface area contributed by atoms with E-state index in [-0.39, 0.29) is 34.6 Å². The lowest BCUT2D eigenvalue weighted by Crippen LogP contribution is -2.39. The molecule has 126 valence electrons. The van der Waals surface area contributed by atoms with Crippen molar-refractivity contribution in [3.05, 3.63) is 58.5 Å². The Hall–Kier alpha value is -2.18. The maximum absolute atomic E-state index is 13.2. The highest BCUT2D eigenvalue weighted by molar-refractivity contribution is 6.33. The molecule has 1 aromatic carbocycles. The van der Waals surface area contributed by atoms with Crippen LogP contribution in [0.2, 0.25) is 5.02 Å². The number of hydrogen-bond acceptors (Lipinski definition) is 4. The highest BCUT2D eigenvalue weighted by atomic mass is 35.5. The molecule has 0 saturated carbocycles. The maximum atomic E-state index is 13.2. The Morgan fingerprint density at radius 2 is 2.12 bits per heavy atom. The van der Waals surface area contributed by atoms with Gasteiger partial charge in [-0.05, 0) is 37.2 Å². The van der Waals surface area contributed by atoms with Gasteiger partial charge in [0.2, 0.25) is 0 Å². The van der Waals surface area contributed by atoms with Crippen molar-refractivity contribution < 1.29 is 9.18 Å². The fourth-order valence-electron chi connectivity index (χ4n) is 3.07. The third-order valence-corrected chi connectivity index (χ3v) is 4.61. The van der Waals surface area contributed by atoms with Gasteiger partial charge in [0.1, 0.15) is 11.6 Å². The number of hydrogen-bond donors (Lipinski definition) is 2. The number of carbonyl (C=O) groups excluding carboxylic acids is 1. The molecule has 1 aromatic heterocycles. The fourth-order valence-corrected chi connectivity index (χ4v) is 3.24. The smallest absolute Gasteiger partial charge is 0.253 e. The molecule has 0 aliphatic carbocycles. The highest BCUT2D eigenvalue weighted by Crippen LogP contribution is 2.31. The van der Waals surface area contributed by atoms with Crippen molar-refractivity contribution in [2.45, 2.75) is 18.5 Å². The SMILES string of the molecule is CN1CCC(NC(=O)c2cnc(N)c(Cl)c2)C1c1ccc(F)cc1. The van der Waals surface area contributed by atoms with Crippen LogP contribution in [0, 0.1) is 5.82 Å². The van der Waals surface area contributed by atoms with Crippen LogP contribution in [0.25, 0.3) is 0 Å². The lowest BCUT2D eigenvalue weighted by Gasteiger charge is -2.26. The van der Waals surface area contributed by atoms with Crippen molar-refractivity contribution in [2.75, 3.05) is 19.3 Å². The lowest BCUT2D eigenvalue weighted by molar-refractivity contribution is 0.0927. The number of nitrogen functional groups attached to an aromatic ring is 1. The molecule has 1 saturated heterocycles. The summed E-state index contributed by atoms with van der Waals surface area (Å²) < 4.78 is 13.2. The molecule has 1 aliphatic rings. The first-order chi connectivity index (χ1) is 11.5. The predicted molar refractivity (Wildman–Crippen MR) is 91.3 cm³/mol. The Bertz CT molecular complexity index is 753. The molecule has 2 unspecified atom stereocenters. The summed E-state index contributed by atoms with van der Waals surface area (Å²) in [7, 11) is 1.99. The fraction of sp³-hybridized carbons (Fsp3) is 0.294. The Morgan fingerprint density at radius 3 is 2.79 bits per heavy atom. The van der Waals surface area contributed by atoms with Gasteiger partial charge in [-0.1, -0.05) is 23.7 Å². The number of rotatable bonds is 3. The number of nitrogens with zero attached hydrogens (tertiary/aromatic N) is 2. The number of carbonyl (C=O) groups is 1. The van der Waals surface area contributed by atoms with Gasteiger partial charge in [0.05, 0.1) is 22.7 Å². The molecule has 7 heteroatoms. The number of benzene rings is 1. The van der Waals surface area contributed by atoms with Gasteiger partial charge >= 0.3 is 0 Å². The normalized spacial score (nSPS) is 21.0. The Balaban J connectivity index is 1.78. The molecule has 1 aliphatic heterocycles. The molecule has 2 heterocycles. The largest absolute Gasteiger partial charge is 0.382 e. The Morgan fingerprint density at radius 1 is 1.42 bits per heavy atom. The molecular weight excluding hydrogens is 331 g/mol. The van der Waals surface area contributed by atoms with Crippen LogP contribution in [-0.4, -0.2) is 35.4 Å². The molecule has 0 radical (unpaired) electrons. The topological polar surface area (TPSA) is 71.2 Å². The summed E-state index contributed by atoms with van der Waals surface area (Å²) in [5, 5.41) is 3.27. The zero-order valence-electron chi connectivity index (χ0n) is 13.2. The van der Waals surface area contributed by atoms with Gasteiger partial charge in [-0.15, -0.1) is 0 Å². The Kier molecular flexibility index (Phi) is 4.69. The molecule has 2 aromatic rings. The van der Waals surface area contributed by atoms with Crippen LogP contribution in [0.5, 0.6) is 0 Å². The van der Waals surface area contributed by atoms with E-state index in [0.29, 0.717) is 5.56 Å². The number of halogens is 2. The number of nitrogens with one attached hydrogen (secondary N) is 1. The van der Waals surface area contributed by atoms with Crippen LogP contribution in [-0.2, 0) is 0 Å². The highest BCUT2D eigenvalue weighted by Gasteiger charge is 2.34. The second-order valence-electron chi connectivity index (χ2n) is 5.94. The maximum Gasteiger partial charge on any atom is 0.253 e. The number of amides is 1. The number of likely N-dealkylation sites (N-methyl/N-ethyl adjacent to an activating group) is 1. The second kappa shape index (κ2) is 6.75. The predicted octanol–water partition coefficient (Wildman–Crippen LogP) is 2.63. The van der Waals surface area contributed by atoms with Crippen LogP contribution in [0.4, 0.5) is 10.2 Å². The van der Waals surface area contributed by atoms with E-state index in [0.717, 1.165) is 18.5 Å². The van der Waals surface area contributed by atoms with Gasteiger partial charge in [-0.3, -0.25) is 9.69 Å². The van der Waals surface area contributed by atoms with E-state index >= 15 is 0 Å². The third kappa shape index (κ3) is 3.34. The first-order valence-corrected chi connectivity index (χ1v) is 8.01. The van der Waals surface area contributed by atoms with E-state index in [1.54, 1.807) is 12.1 Å². The zero-order valence-corrected chi connectivity index (χ0v) is 13.9. The molecule has 0 spiro atoms. The van der Waals surface area contributed by atoms with Gasteiger partial charge in [0.25, 0.3) is 5.91 Å². The summed E-state index contributed by atoms with van der Waals surface area (Å²) in [6, 6.07) is 7.79. The number of pyridine rings is 1. The van der Waals surface area contributed by atoms with Gasteiger partial charge in [-0.25, -0.2) is 9.37 Å². The standard InChI is InChI=1S/C17H18ClFN4O/c1-23-7-6-14(15(23)10-2-4-12(19)5-3-10)22-17(24)11-8-13(18)16(20)21-9-11/h2-5,8-9,14-15H,6-7H2,1H3,(H2,20,21)(H,22,24). The van der Waals surface area contributed by atoms with Crippen molar-refractivity contribution in [1.29, 1.82) is 0 Å². The molecule has 3 rings (SSSR count). The Labute approximate surface area is 144 Å². The van der Waals surface area contributed by atoms with E-state index in [9.17, 15) is 9.18 Å². The lowest BCUT2D eigenvalue weighted by atomic mass is 10.00. The summed E-state index contributed by atoms with van der Waals surface area (Å²) in [5.74, 6) is -0.336. The van der Waals surface area contributed by atoms with E-state index in [4.69, 9.17) is 17.3 Å². The summed E-state index contributed by atoms with van der Waals surface area (Å²) in [5.41, 5.74) is 6.90. The number of nitrogens with two attached hydrogens (primary N) is 1. The van der Waals surface area contributed by atoms with Gasteiger partial charge < -0.3 is 11.1 Å². The number of aromatic nitrogens is 1. The van der Waals surface area contributed by atoms with E-state index < -0.39 is 0 Å². The molecule has 24 heavy (non-hydrogen) atoms. The van der Waals surface area contributed by atoms with E-state index in [2.05, 4.69) is 15.2 Å². The van der Waals surface area contributed by atoms with Crippen molar-refractivity contribution in [1.82, 2.24) is 15.2 Å². The van der Waals surface area contributed by atoms with Crippen LogP contribution < -0.4 is 11.1 Å². The average Bonchev–Trinajstić information content (AvgIpc) is 2.91. The first kappa shape index (κ1) is 16.7. The van der Waals surface area contributed by atoms with E-state index in [1.165, 1.54) is 24.4 Å². The zero-order chi connectivity index (χ0) is 17.3. The molecule has 1 amide bonds. The third-order valence-electron chi connectivity index (χ3n) is 4.31. The summed E-state index contributed by atoms with van der Waals surface area (Å²) >= 11 is 5.93. The average molecular weight is 349 g/mol. The van der Waals surface area contributed by atoms with Crippen molar-refractivity contribution in [3.8, 4) is 0 Å². The van der Waals surface area contributed by atoms with Crippen LogP contribution >= 0.6 is 11.6 Å². The second-order valence-corrected chi connectivity index (χ2v) is 6.34. The molecule has 3 N–H and O–H groups in total. The molecular formula is C17H18ClFN4O. The summed E-state index contributed by atoms with van der Waals surface area (Å²) in [4.78, 5) is 18.5.